The number of alkyl halides is 3. The molecule has 1 N–H and O–H groups in total. The van der Waals surface area contributed by atoms with Gasteiger partial charge in [-0.05, 0) is 59.4 Å². The summed E-state index contributed by atoms with van der Waals surface area (Å²) in [5, 5.41) is 3.54. The zero-order valence-electron chi connectivity index (χ0n) is 20.7. The summed E-state index contributed by atoms with van der Waals surface area (Å²) in [6.07, 6.45) is -1.51. The number of hydrogen-bond donors (Lipinski definition) is 1. The van der Waals surface area contributed by atoms with Gasteiger partial charge < -0.3 is 10.1 Å². The molecule has 1 aliphatic heterocycles. The summed E-state index contributed by atoms with van der Waals surface area (Å²) < 4.78 is 42.9. The second kappa shape index (κ2) is 10.7. The molecule has 0 spiro atoms. The molecule has 0 fully saturated rings. The van der Waals surface area contributed by atoms with Crippen LogP contribution in [0.25, 0.3) is 5.65 Å². The van der Waals surface area contributed by atoms with Gasteiger partial charge in [0, 0.05) is 32.4 Å². The van der Waals surface area contributed by atoms with Crippen molar-refractivity contribution >= 4 is 23.2 Å². The van der Waals surface area contributed by atoms with Crippen LogP contribution in [-0.4, -0.2) is 33.1 Å². The molecule has 2 aromatic heterocycles. The van der Waals surface area contributed by atoms with Crippen molar-refractivity contribution in [3.8, 4) is 5.75 Å². The van der Waals surface area contributed by atoms with Gasteiger partial charge in [0.15, 0.2) is 0 Å². The number of nitrogens with zero attached hydrogens (tertiary/aromatic N) is 3. The molecule has 2 aromatic carbocycles. The molecule has 1 amide bonds. The summed E-state index contributed by atoms with van der Waals surface area (Å²) in [6, 6.07) is 15.8. The van der Waals surface area contributed by atoms with E-state index in [0.717, 1.165) is 24.1 Å². The first-order valence-corrected chi connectivity index (χ1v) is 12.7. The van der Waals surface area contributed by atoms with Crippen LogP contribution in [0.4, 0.5) is 13.2 Å². The first-order chi connectivity index (χ1) is 18.2. The van der Waals surface area contributed by atoms with Crippen LogP contribution in [0.3, 0.4) is 0 Å². The number of amides is 1. The number of ether oxygens (including phenoxy) is 1. The molecular weight excluding hydrogens is 517 g/mol. The molecule has 0 saturated carbocycles. The fraction of sp³-hybridized carbons (Fsp3) is 0.286. The normalized spacial score (nSPS) is 13.9. The number of carbonyl (C=O) groups is 1. The fourth-order valence-electron chi connectivity index (χ4n) is 4.79. The van der Waals surface area contributed by atoms with E-state index in [1.54, 1.807) is 34.9 Å². The summed E-state index contributed by atoms with van der Waals surface area (Å²) >= 11 is 6.15. The number of rotatable bonds is 7. The number of carbonyl (C=O) groups excluding carboxylic acids is 1. The third-order valence-electron chi connectivity index (χ3n) is 6.58. The highest BCUT2D eigenvalue weighted by Crippen LogP contribution is 2.25. The number of nitrogens with one attached hydrogen (secondary N) is 1. The van der Waals surface area contributed by atoms with Crippen molar-refractivity contribution in [2.45, 2.75) is 45.8 Å². The van der Waals surface area contributed by atoms with Crippen LogP contribution in [0.5, 0.6) is 5.75 Å². The van der Waals surface area contributed by atoms with Crippen LogP contribution >= 0.6 is 11.6 Å². The Hall–Kier alpha value is -3.56. The first kappa shape index (κ1) is 26.1. The van der Waals surface area contributed by atoms with E-state index in [2.05, 4.69) is 32.1 Å². The van der Waals surface area contributed by atoms with E-state index in [1.807, 2.05) is 13.0 Å². The molecule has 0 aliphatic carbocycles. The molecular formula is C28H26ClF3N4O2. The third-order valence-corrected chi connectivity index (χ3v) is 6.81. The summed E-state index contributed by atoms with van der Waals surface area (Å²) in [5.41, 5.74) is 6.20. The van der Waals surface area contributed by atoms with Crippen molar-refractivity contribution in [1.82, 2.24) is 19.6 Å². The molecule has 4 aromatic rings. The van der Waals surface area contributed by atoms with E-state index in [9.17, 15) is 18.0 Å². The SMILES string of the molecule is CCc1nc2ccc(Cl)cn2c1C(=O)NCc1ccc2c(c1)CN(Cc1ccc(OC(F)(F)F)cc1)CC2. The second-order valence-corrected chi connectivity index (χ2v) is 9.71. The van der Waals surface area contributed by atoms with E-state index in [-0.39, 0.29) is 11.7 Å². The summed E-state index contributed by atoms with van der Waals surface area (Å²) in [6.45, 7) is 4.50. The summed E-state index contributed by atoms with van der Waals surface area (Å²) in [5.74, 6) is -0.441. The van der Waals surface area contributed by atoms with Gasteiger partial charge in [-0.2, -0.15) is 0 Å². The number of benzene rings is 2. The molecule has 0 bridgehead atoms. The number of pyridine rings is 1. The smallest absolute Gasteiger partial charge is 0.406 e. The minimum Gasteiger partial charge on any atom is -0.406 e. The third kappa shape index (κ3) is 5.95. The Morgan fingerprint density at radius 1 is 1.08 bits per heavy atom. The van der Waals surface area contributed by atoms with Gasteiger partial charge in [-0.3, -0.25) is 14.1 Å². The zero-order chi connectivity index (χ0) is 26.9. The molecule has 38 heavy (non-hydrogen) atoms. The van der Waals surface area contributed by atoms with Gasteiger partial charge in [0.1, 0.15) is 17.1 Å². The van der Waals surface area contributed by atoms with Crippen molar-refractivity contribution in [3.63, 3.8) is 0 Å². The predicted molar refractivity (Wildman–Crippen MR) is 138 cm³/mol. The van der Waals surface area contributed by atoms with Crippen LogP contribution < -0.4 is 10.1 Å². The standard InChI is InChI=1S/C28H26ClF3N4O2/c1-2-24-26(36-17-22(29)7-10-25(36)34-24)27(37)33-14-19-3-6-20-11-12-35(16-21(20)13-19)15-18-4-8-23(9-5-18)38-28(30,31)32/h3-10,13,17H,2,11-12,14-16H2,1H3,(H,33,37). The highest BCUT2D eigenvalue weighted by molar-refractivity contribution is 6.30. The zero-order valence-corrected chi connectivity index (χ0v) is 21.4. The topological polar surface area (TPSA) is 58.9 Å². The number of halogens is 4. The molecule has 0 saturated heterocycles. The van der Waals surface area contributed by atoms with Crippen LogP contribution in [-0.2, 0) is 32.5 Å². The van der Waals surface area contributed by atoms with E-state index in [0.29, 0.717) is 48.1 Å². The number of aryl methyl sites for hydroxylation is 1. The molecule has 0 atom stereocenters. The summed E-state index contributed by atoms with van der Waals surface area (Å²) in [4.78, 5) is 19.9. The van der Waals surface area contributed by atoms with Crippen LogP contribution in [0.1, 0.15) is 45.4 Å². The monoisotopic (exact) mass is 542 g/mol. The lowest BCUT2D eigenvalue weighted by molar-refractivity contribution is -0.274. The maximum absolute atomic E-state index is 13.1. The van der Waals surface area contributed by atoms with Crippen LogP contribution in [0, 0.1) is 0 Å². The van der Waals surface area contributed by atoms with E-state index in [1.165, 1.54) is 23.3 Å². The van der Waals surface area contributed by atoms with Crippen molar-refractivity contribution < 1.29 is 22.7 Å². The molecule has 1 aliphatic rings. The molecule has 10 heteroatoms. The Morgan fingerprint density at radius 2 is 1.84 bits per heavy atom. The molecule has 0 unspecified atom stereocenters. The average Bonchev–Trinajstić information content (AvgIpc) is 3.25. The van der Waals surface area contributed by atoms with Crippen LogP contribution in [0.15, 0.2) is 60.8 Å². The van der Waals surface area contributed by atoms with Gasteiger partial charge >= 0.3 is 6.36 Å². The van der Waals surface area contributed by atoms with Crippen molar-refractivity contribution in [2.24, 2.45) is 0 Å². The predicted octanol–water partition coefficient (Wildman–Crippen LogP) is 5.94. The number of hydrogen-bond acceptors (Lipinski definition) is 4. The number of imidazole rings is 1. The van der Waals surface area contributed by atoms with Crippen molar-refractivity contribution in [3.05, 3.63) is 99.5 Å². The van der Waals surface area contributed by atoms with E-state index < -0.39 is 6.36 Å². The van der Waals surface area contributed by atoms with Gasteiger partial charge in [0.05, 0.1) is 10.7 Å². The molecule has 3 heterocycles. The Morgan fingerprint density at radius 3 is 2.58 bits per heavy atom. The van der Waals surface area contributed by atoms with E-state index >= 15 is 0 Å². The van der Waals surface area contributed by atoms with Gasteiger partial charge in [-0.15, -0.1) is 13.2 Å². The largest absolute Gasteiger partial charge is 0.573 e. The lowest BCUT2D eigenvalue weighted by atomic mass is 9.97. The number of aromatic nitrogens is 2. The van der Waals surface area contributed by atoms with E-state index in [4.69, 9.17) is 11.6 Å². The molecule has 0 radical (unpaired) electrons. The Kier molecular flexibility index (Phi) is 7.32. The highest BCUT2D eigenvalue weighted by atomic mass is 35.5. The lowest BCUT2D eigenvalue weighted by Crippen LogP contribution is -2.30. The first-order valence-electron chi connectivity index (χ1n) is 12.3. The van der Waals surface area contributed by atoms with Gasteiger partial charge in [-0.1, -0.05) is 48.9 Å². The van der Waals surface area contributed by atoms with Gasteiger partial charge in [0.2, 0.25) is 0 Å². The van der Waals surface area contributed by atoms with Crippen LogP contribution in [0.2, 0.25) is 5.02 Å². The lowest BCUT2D eigenvalue weighted by Gasteiger charge is -2.29. The van der Waals surface area contributed by atoms with Gasteiger partial charge in [-0.25, -0.2) is 4.98 Å². The Balaban J connectivity index is 1.24. The fourth-order valence-corrected chi connectivity index (χ4v) is 4.95. The maximum Gasteiger partial charge on any atom is 0.573 e. The average molecular weight is 543 g/mol. The second-order valence-electron chi connectivity index (χ2n) is 9.27. The molecule has 6 nitrogen and oxygen atoms in total. The summed E-state index contributed by atoms with van der Waals surface area (Å²) in [7, 11) is 0. The van der Waals surface area contributed by atoms with Crippen molar-refractivity contribution in [1.29, 1.82) is 0 Å². The molecule has 5 rings (SSSR count). The quantitative estimate of drug-likeness (QED) is 0.314. The van der Waals surface area contributed by atoms with Gasteiger partial charge in [0.25, 0.3) is 5.91 Å². The maximum atomic E-state index is 13.1. The minimum atomic E-state index is -4.70. The molecule has 198 valence electrons. The minimum absolute atomic E-state index is 0.214. The van der Waals surface area contributed by atoms with Crippen molar-refractivity contribution in [2.75, 3.05) is 6.54 Å². The number of fused-ring (bicyclic) bond motifs is 2. The highest BCUT2D eigenvalue weighted by Gasteiger charge is 2.31. The Bertz CT molecular complexity index is 1470. The Labute approximate surface area is 223 Å².